The molecule has 1 heterocycles. The zero-order chi connectivity index (χ0) is 15.3. The van der Waals surface area contributed by atoms with E-state index < -0.39 is 35.9 Å². The summed E-state index contributed by atoms with van der Waals surface area (Å²) < 4.78 is 38.1. The molecule has 0 aromatic carbocycles. The van der Waals surface area contributed by atoms with Crippen LogP contribution in [0.2, 0.25) is 0 Å². The van der Waals surface area contributed by atoms with E-state index in [0.29, 0.717) is 23.3 Å². The van der Waals surface area contributed by atoms with E-state index in [-0.39, 0.29) is 6.54 Å². The van der Waals surface area contributed by atoms with Crippen molar-refractivity contribution in [2.45, 2.75) is 32.2 Å². The third-order valence-corrected chi connectivity index (χ3v) is 2.51. The Morgan fingerprint density at radius 1 is 1.45 bits per heavy atom. The number of nitrogens with zero attached hydrogens (tertiary/aromatic N) is 1. The minimum absolute atomic E-state index is 0.185. The maximum absolute atomic E-state index is 12.5. The highest BCUT2D eigenvalue weighted by atomic mass is 19.4. The van der Waals surface area contributed by atoms with Gasteiger partial charge in [-0.15, -0.1) is 0 Å². The summed E-state index contributed by atoms with van der Waals surface area (Å²) in [4.78, 5) is 22.9. The van der Waals surface area contributed by atoms with Crippen LogP contribution in [0.3, 0.4) is 0 Å². The van der Waals surface area contributed by atoms with Crippen molar-refractivity contribution < 1.29 is 23.1 Å². The van der Waals surface area contributed by atoms with Gasteiger partial charge in [0.2, 0.25) is 5.91 Å². The molecule has 1 atom stereocenters. The molecule has 0 bridgehead atoms. The van der Waals surface area contributed by atoms with Crippen molar-refractivity contribution in [3.63, 3.8) is 0 Å². The molecule has 1 unspecified atom stereocenters. The first-order valence-corrected chi connectivity index (χ1v) is 5.92. The Morgan fingerprint density at radius 2 is 2.10 bits per heavy atom. The van der Waals surface area contributed by atoms with Gasteiger partial charge in [-0.05, 0) is 19.4 Å². The molecule has 0 aliphatic heterocycles. The Morgan fingerprint density at radius 3 is 2.65 bits per heavy atom. The number of aromatic nitrogens is 1. The summed E-state index contributed by atoms with van der Waals surface area (Å²) in [5.41, 5.74) is -1.68. The highest BCUT2D eigenvalue weighted by Gasteiger charge is 2.31. The Labute approximate surface area is 113 Å². The number of nitrogens with one attached hydrogen (secondary N) is 1. The zero-order valence-corrected chi connectivity index (χ0v) is 10.8. The van der Waals surface area contributed by atoms with Gasteiger partial charge < -0.3 is 15.0 Å². The highest BCUT2D eigenvalue weighted by Crippen LogP contribution is 2.27. The molecule has 2 N–H and O–H groups in total. The molecule has 0 aliphatic rings. The molecule has 0 radical (unpaired) electrons. The van der Waals surface area contributed by atoms with Crippen molar-refractivity contribution in [2.24, 2.45) is 0 Å². The fourth-order valence-corrected chi connectivity index (χ4v) is 1.45. The van der Waals surface area contributed by atoms with Gasteiger partial charge in [0, 0.05) is 18.8 Å². The van der Waals surface area contributed by atoms with Crippen LogP contribution in [0.5, 0.6) is 0 Å². The lowest BCUT2D eigenvalue weighted by atomic mass is 10.2. The van der Waals surface area contributed by atoms with E-state index >= 15 is 0 Å². The van der Waals surface area contributed by atoms with Crippen molar-refractivity contribution in [1.29, 1.82) is 0 Å². The minimum Gasteiger partial charge on any atom is -0.393 e. The van der Waals surface area contributed by atoms with E-state index in [4.69, 9.17) is 5.11 Å². The summed E-state index contributed by atoms with van der Waals surface area (Å²) in [6, 6.07) is 1.44. The second-order valence-corrected chi connectivity index (χ2v) is 4.37. The SMILES string of the molecule is CC(O)CCNC(=O)Cn1cc(C(F)(F)F)ccc1=O. The van der Waals surface area contributed by atoms with Crippen molar-refractivity contribution in [3.8, 4) is 0 Å². The molecular weight excluding hydrogens is 277 g/mol. The van der Waals surface area contributed by atoms with Crippen molar-refractivity contribution in [3.05, 3.63) is 34.2 Å². The first-order valence-electron chi connectivity index (χ1n) is 5.92. The van der Waals surface area contributed by atoms with E-state index in [9.17, 15) is 22.8 Å². The Bertz CT molecular complexity index is 523. The van der Waals surface area contributed by atoms with Crippen LogP contribution in [-0.4, -0.2) is 28.2 Å². The molecule has 1 aromatic rings. The Kier molecular flexibility index (Phi) is 5.32. The number of halogens is 3. The highest BCUT2D eigenvalue weighted by molar-refractivity contribution is 5.75. The van der Waals surface area contributed by atoms with Gasteiger partial charge in [-0.25, -0.2) is 0 Å². The Hall–Kier alpha value is -1.83. The van der Waals surface area contributed by atoms with E-state index in [0.717, 1.165) is 6.07 Å². The van der Waals surface area contributed by atoms with Gasteiger partial charge in [0.1, 0.15) is 6.54 Å². The van der Waals surface area contributed by atoms with Crippen molar-refractivity contribution >= 4 is 5.91 Å². The maximum Gasteiger partial charge on any atom is 0.417 e. The molecule has 0 saturated carbocycles. The quantitative estimate of drug-likeness (QED) is 0.841. The van der Waals surface area contributed by atoms with Crippen LogP contribution in [0.1, 0.15) is 18.9 Å². The summed E-state index contributed by atoms with van der Waals surface area (Å²) in [5.74, 6) is -0.591. The molecule has 0 saturated heterocycles. The largest absolute Gasteiger partial charge is 0.417 e. The predicted octanol–water partition coefficient (Wildman–Crippen LogP) is 0.754. The van der Waals surface area contributed by atoms with Gasteiger partial charge in [-0.3, -0.25) is 9.59 Å². The van der Waals surface area contributed by atoms with Crippen LogP contribution in [-0.2, 0) is 17.5 Å². The summed E-state index contributed by atoms with van der Waals surface area (Å²) in [6.07, 6.45) is -4.23. The number of aliphatic hydroxyl groups is 1. The van der Waals surface area contributed by atoms with E-state index in [1.54, 1.807) is 6.92 Å². The molecular formula is C12H15F3N2O3. The average Bonchev–Trinajstić information content (AvgIpc) is 2.30. The normalized spacial score (nSPS) is 13.1. The lowest BCUT2D eigenvalue weighted by molar-refractivity contribution is -0.138. The van der Waals surface area contributed by atoms with Gasteiger partial charge >= 0.3 is 6.18 Å². The zero-order valence-electron chi connectivity index (χ0n) is 10.8. The molecule has 1 aromatic heterocycles. The second kappa shape index (κ2) is 6.56. The number of carbonyl (C=O) groups is 1. The van der Waals surface area contributed by atoms with E-state index in [1.807, 2.05) is 0 Å². The van der Waals surface area contributed by atoms with Crippen LogP contribution in [0.15, 0.2) is 23.1 Å². The molecule has 0 spiro atoms. The number of alkyl halides is 3. The second-order valence-electron chi connectivity index (χ2n) is 4.37. The number of hydrogen-bond donors (Lipinski definition) is 2. The third kappa shape index (κ3) is 5.04. The molecule has 112 valence electrons. The summed E-state index contributed by atoms with van der Waals surface area (Å²) in [7, 11) is 0. The lowest BCUT2D eigenvalue weighted by Crippen LogP contribution is -2.33. The molecule has 0 aliphatic carbocycles. The van der Waals surface area contributed by atoms with Crippen LogP contribution in [0.25, 0.3) is 0 Å². The number of amides is 1. The van der Waals surface area contributed by atoms with Crippen molar-refractivity contribution in [2.75, 3.05) is 6.54 Å². The van der Waals surface area contributed by atoms with Crippen molar-refractivity contribution in [1.82, 2.24) is 9.88 Å². The number of carbonyl (C=O) groups excluding carboxylic acids is 1. The van der Waals surface area contributed by atoms with Gasteiger partial charge in [0.15, 0.2) is 0 Å². The summed E-state index contributed by atoms with van der Waals surface area (Å²) >= 11 is 0. The van der Waals surface area contributed by atoms with Crippen LogP contribution < -0.4 is 10.9 Å². The van der Waals surface area contributed by atoms with E-state index in [2.05, 4.69) is 5.32 Å². The molecule has 1 rings (SSSR count). The first-order chi connectivity index (χ1) is 9.20. The Balaban J connectivity index is 2.72. The molecule has 0 fully saturated rings. The van der Waals surface area contributed by atoms with Crippen LogP contribution in [0, 0.1) is 0 Å². The lowest BCUT2D eigenvalue weighted by Gasteiger charge is -2.11. The predicted molar refractivity (Wildman–Crippen MR) is 65.0 cm³/mol. The van der Waals surface area contributed by atoms with E-state index in [1.165, 1.54) is 0 Å². The molecule has 8 heteroatoms. The van der Waals surface area contributed by atoms with Gasteiger partial charge in [0.05, 0.1) is 11.7 Å². The summed E-state index contributed by atoms with van der Waals surface area (Å²) in [5, 5.41) is 11.4. The van der Waals surface area contributed by atoms with Crippen LogP contribution in [0.4, 0.5) is 13.2 Å². The standard InChI is InChI=1S/C12H15F3N2O3/c1-8(18)4-5-16-10(19)7-17-6-9(12(13,14)15)2-3-11(17)20/h2-3,6,8,18H,4-5,7H2,1H3,(H,16,19). The smallest absolute Gasteiger partial charge is 0.393 e. The number of pyridine rings is 1. The summed E-state index contributed by atoms with van der Waals surface area (Å²) in [6.45, 7) is 1.23. The van der Waals surface area contributed by atoms with Crippen LogP contribution >= 0.6 is 0 Å². The van der Waals surface area contributed by atoms with Gasteiger partial charge in [-0.1, -0.05) is 0 Å². The van der Waals surface area contributed by atoms with Gasteiger partial charge in [-0.2, -0.15) is 13.2 Å². The number of rotatable bonds is 5. The molecule has 5 nitrogen and oxygen atoms in total. The monoisotopic (exact) mass is 292 g/mol. The first kappa shape index (κ1) is 16.2. The number of aliphatic hydroxyl groups excluding tert-OH is 1. The average molecular weight is 292 g/mol. The minimum atomic E-state index is -4.57. The fourth-order valence-electron chi connectivity index (χ4n) is 1.45. The fraction of sp³-hybridized carbons (Fsp3) is 0.500. The molecule has 20 heavy (non-hydrogen) atoms. The third-order valence-electron chi connectivity index (χ3n) is 2.51. The maximum atomic E-state index is 12.5. The topological polar surface area (TPSA) is 71.3 Å². The number of hydrogen-bond acceptors (Lipinski definition) is 3. The van der Waals surface area contributed by atoms with Gasteiger partial charge in [0.25, 0.3) is 5.56 Å². The molecule has 1 amide bonds.